The SMILES string of the molecule is CCOc1cc(N(C)Cc2ccc(C)o2)ccc1N. The monoisotopic (exact) mass is 260 g/mol. The second kappa shape index (κ2) is 5.69. The zero-order valence-corrected chi connectivity index (χ0v) is 11.6. The van der Waals surface area contributed by atoms with E-state index >= 15 is 0 Å². The topological polar surface area (TPSA) is 51.6 Å². The standard InChI is InChI=1S/C15H20N2O2/c1-4-18-15-9-12(6-8-14(15)16)17(3)10-13-7-5-11(2)19-13/h5-9H,4,10,16H2,1-3H3. The zero-order chi connectivity index (χ0) is 13.8. The number of nitrogens with zero attached hydrogens (tertiary/aromatic N) is 1. The third-order valence-corrected chi connectivity index (χ3v) is 2.93. The van der Waals surface area contributed by atoms with E-state index in [9.17, 15) is 0 Å². The van der Waals surface area contributed by atoms with Crippen molar-refractivity contribution in [1.29, 1.82) is 0 Å². The molecule has 0 atom stereocenters. The molecule has 0 unspecified atom stereocenters. The smallest absolute Gasteiger partial charge is 0.144 e. The quantitative estimate of drug-likeness (QED) is 0.839. The molecule has 2 N–H and O–H groups in total. The number of nitrogen functional groups attached to an aromatic ring is 1. The normalized spacial score (nSPS) is 10.5. The van der Waals surface area contributed by atoms with Crippen LogP contribution in [0.2, 0.25) is 0 Å². The summed E-state index contributed by atoms with van der Waals surface area (Å²) in [5, 5.41) is 0. The lowest BCUT2D eigenvalue weighted by Gasteiger charge is -2.19. The number of rotatable bonds is 5. The zero-order valence-electron chi connectivity index (χ0n) is 11.6. The van der Waals surface area contributed by atoms with Gasteiger partial charge in [0, 0.05) is 18.8 Å². The number of nitrogens with two attached hydrogens (primary N) is 1. The lowest BCUT2D eigenvalue weighted by atomic mass is 10.2. The number of hydrogen-bond donors (Lipinski definition) is 1. The molecule has 2 aromatic rings. The van der Waals surface area contributed by atoms with Crippen molar-refractivity contribution < 1.29 is 9.15 Å². The average Bonchev–Trinajstić information content (AvgIpc) is 2.77. The third-order valence-electron chi connectivity index (χ3n) is 2.93. The second-order valence-corrected chi connectivity index (χ2v) is 4.52. The van der Waals surface area contributed by atoms with Crippen molar-refractivity contribution in [2.45, 2.75) is 20.4 Å². The highest BCUT2D eigenvalue weighted by Crippen LogP contribution is 2.28. The van der Waals surface area contributed by atoms with E-state index in [2.05, 4.69) is 4.90 Å². The largest absolute Gasteiger partial charge is 0.492 e. The van der Waals surface area contributed by atoms with Gasteiger partial charge in [-0.25, -0.2) is 0 Å². The van der Waals surface area contributed by atoms with Crippen molar-refractivity contribution in [3.05, 3.63) is 41.9 Å². The van der Waals surface area contributed by atoms with Gasteiger partial charge in [-0.05, 0) is 38.1 Å². The van der Waals surface area contributed by atoms with E-state index in [1.165, 1.54) is 0 Å². The Morgan fingerprint density at radius 3 is 2.68 bits per heavy atom. The van der Waals surface area contributed by atoms with Crippen LogP contribution in [-0.4, -0.2) is 13.7 Å². The summed E-state index contributed by atoms with van der Waals surface area (Å²) < 4.78 is 11.1. The molecule has 0 spiro atoms. The van der Waals surface area contributed by atoms with E-state index in [0.29, 0.717) is 18.8 Å². The summed E-state index contributed by atoms with van der Waals surface area (Å²) in [7, 11) is 2.01. The maximum Gasteiger partial charge on any atom is 0.144 e. The summed E-state index contributed by atoms with van der Waals surface area (Å²) >= 11 is 0. The molecule has 0 aliphatic heterocycles. The Labute approximate surface area is 113 Å². The Balaban J connectivity index is 2.14. The third kappa shape index (κ3) is 3.22. The molecule has 1 aromatic heterocycles. The summed E-state index contributed by atoms with van der Waals surface area (Å²) in [6.07, 6.45) is 0. The van der Waals surface area contributed by atoms with E-state index < -0.39 is 0 Å². The molecule has 0 saturated heterocycles. The summed E-state index contributed by atoms with van der Waals surface area (Å²) in [6.45, 7) is 5.21. The number of hydrogen-bond acceptors (Lipinski definition) is 4. The molecule has 2 rings (SSSR count). The van der Waals surface area contributed by atoms with Gasteiger partial charge in [0.1, 0.15) is 17.3 Å². The van der Waals surface area contributed by atoms with Gasteiger partial charge in [0.25, 0.3) is 0 Å². The predicted molar refractivity (Wildman–Crippen MR) is 77.6 cm³/mol. The lowest BCUT2D eigenvalue weighted by Crippen LogP contribution is -2.16. The minimum Gasteiger partial charge on any atom is -0.492 e. The molecule has 1 heterocycles. The molecule has 0 radical (unpaired) electrons. The number of aryl methyl sites for hydroxylation is 1. The minimum atomic E-state index is 0.606. The molecule has 0 aliphatic carbocycles. The van der Waals surface area contributed by atoms with Gasteiger partial charge in [0.15, 0.2) is 0 Å². The van der Waals surface area contributed by atoms with E-state index in [-0.39, 0.29) is 0 Å². The van der Waals surface area contributed by atoms with E-state index in [1.807, 2.05) is 51.2 Å². The van der Waals surface area contributed by atoms with Crippen molar-refractivity contribution in [2.24, 2.45) is 0 Å². The maximum absolute atomic E-state index is 5.87. The van der Waals surface area contributed by atoms with Gasteiger partial charge >= 0.3 is 0 Å². The van der Waals surface area contributed by atoms with Crippen molar-refractivity contribution in [1.82, 2.24) is 0 Å². The Hall–Kier alpha value is -2.10. The maximum atomic E-state index is 5.87. The van der Waals surface area contributed by atoms with Crippen LogP contribution < -0.4 is 15.4 Å². The molecule has 19 heavy (non-hydrogen) atoms. The highest BCUT2D eigenvalue weighted by Gasteiger charge is 2.08. The molecule has 4 heteroatoms. The number of benzene rings is 1. The van der Waals surface area contributed by atoms with Crippen molar-refractivity contribution >= 4 is 11.4 Å². The number of furan rings is 1. The molecule has 0 aliphatic rings. The van der Waals surface area contributed by atoms with Crippen LogP contribution in [0.3, 0.4) is 0 Å². The minimum absolute atomic E-state index is 0.606. The number of ether oxygens (including phenoxy) is 1. The van der Waals surface area contributed by atoms with Crippen molar-refractivity contribution in [2.75, 3.05) is 24.3 Å². The first kappa shape index (κ1) is 13.3. The Bertz CT molecular complexity index is 549. The molecule has 0 saturated carbocycles. The van der Waals surface area contributed by atoms with Crippen LogP contribution in [0.25, 0.3) is 0 Å². The molecule has 0 bridgehead atoms. The van der Waals surface area contributed by atoms with Gasteiger partial charge in [0.2, 0.25) is 0 Å². The molecule has 1 aromatic carbocycles. The first-order valence-corrected chi connectivity index (χ1v) is 6.39. The molecule has 4 nitrogen and oxygen atoms in total. The van der Waals surface area contributed by atoms with E-state index in [1.54, 1.807) is 0 Å². The lowest BCUT2D eigenvalue weighted by molar-refractivity contribution is 0.342. The van der Waals surface area contributed by atoms with E-state index in [0.717, 1.165) is 23.0 Å². The van der Waals surface area contributed by atoms with Crippen LogP contribution in [0.5, 0.6) is 5.75 Å². The second-order valence-electron chi connectivity index (χ2n) is 4.52. The number of anilines is 2. The molecule has 102 valence electrons. The highest BCUT2D eigenvalue weighted by molar-refractivity contribution is 5.62. The van der Waals surface area contributed by atoms with Crippen molar-refractivity contribution in [3.8, 4) is 5.75 Å². The summed E-state index contributed by atoms with van der Waals surface area (Å²) in [6, 6.07) is 9.76. The molecular weight excluding hydrogens is 240 g/mol. The van der Waals surface area contributed by atoms with Crippen LogP contribution >= 0.6 is 0 Å². The van der Waals surface area contributed by atoms with Crippen molar-refractivity contribution in [3.63, 3.8) is 0 Å². The molecule has 0 amide bonds. The Kier molecular flexibility index (Phi) is 4.00. The van der Waals surface area contributed by atoms with Crippen LogP contribution in [-0.2, 0) is 6.54 Å². The Morgan fingerprint density at radius 1 is 1.26 bits per heavy atom. The summed E-state index contributed by atoms with van der Waals surface area (Å²) in [5.41, 5.74) is 7.58. The highest BCUT2D eigenvalue weighted by atomic mass is 16.5. The van der Waals surface area contributed by atoms with Gasteiger partial charge in [-0.3, -0.25) is 0 Å². The Morgan fingerprint density at radius 2 is 2.05 bits per heavy atom. The fraction of sp³-hybridized carbons (Fsp3) is 0.333. The first-order valence-electron chi connectivity index (χ1n) is 6.39. The average molecular weight is 260 g/mol. The van der Waals surface area contributed by atoms with Gasteiger partial charge in [0.05, 0.1) is 18.8 Å². The van der Waals surface area contributed by atoms with Gasteiger partial charge in [-0.15, -0.1) is 0 Å². The van der Waals surface area contributed by atoms with Gasteiger partial charge in [-0.1, -0.05) is 0 Å². The summed E-state index contributed by atoms with van der Waals surface area (Å²) in [4.78, 5) is 2.10. The van der Waals surface area contributed by atoms with Crippen LogP contribution in [0.15, 0.2) is 34.7 Å². The van der Waals surface area contributed by atoms with Gasteiger partial charge < -0.3 is 19.8 Å². The fourth-order valence-corrected chi connectivity index (χ4v) is 1.94. The fourth-order valence-electron chi connectivity index (χ4n) is 1.94. The first-order chi connectivity index (χ1) is 9.10. The van der Waals surface area contributed by atoms with Gasteiger partial charge in [-0.2, -0.15) is 0 Å². The van der Waals surface area contributed by atoms with Crippen LogP contribution in [0.4, 0.5) is 11.4 Å². The molecular formula is C15H20N2O2. The summed E-state index contributed by atoms with van der Waals surface area (Å²) in [5.74, 6) is 2.59. The predicted octanol–water partition coefficient (Wildman–Crippen LogP) is 3.21. The molecule has 0 fully saturated rings. The van der Waals surface area contributed by atoms with E-state index in [4.69, 9.17) is 14.9 Å². The van der Waals surface area contributed by atoms with Crippen LogP contribution in [0, 0.1) is 6.92 Å². The van der Waals surface area contributed by atoms with Crippen LogP contribution in [0.1, 0.15) is 18.4 Å².